The zero-order valence-electron chi connectivity index (χ0n) is 19.8. The van der Waals surface area contributed by atoms with Crippen molar-refractivity contribution in [2.45, 2.75) is 19.5 Å². The van der Waals surface area contributed by atoms with Crippen molar-refractivity contribution >= 4 is 27.5 Å². The number of thiophene rings is 1. The van der Waals surface area contributed by atoms with E-state index in [0.717, 1.165) is 10.1 Å². The van der Waals surface area contributed by atoms with Gasteiger partial charge in [-0.25, -0.2) is 9.36 Å². The van der Waals surface area contributed by atoms with E-state index in [1.165, 1.54) is 15.9 Å². The minimum atomic E-state index is -0.603. The zero-order valence-corrected chi connectivity index (χ0v) is 20.6. The van der Waals surface area contributed by atoms with Crippen LogP contribution in [0.3, 0.4) is 0 Å². The Hall–Kier alpha value is -4.36. The Morgan fingerprint density at radius 1 is 1.06 bits per heavy atom. The van der Waals surface area contributed by atoms with Gasteiger partial charge in [-0.05, 0) is 47.2 Å². The lowest BCUT2D eigenvalue weighted by Gasteiger charge is -2.13. The summed E-state index contributed by atoms with van der Waals surface area (Å²) in [6.07, 6.45) is 0.528. The average Bonchev–Trinajstić information content (AvgIpc) is 3.39. The second kappa shape index (κ2) is 10.9. The molecule has 10 heteroatoms. The molecule has 4 rings (SSSR count). The molecule has 2 heterocycles. The van der Waals surface area contributed by atoms with Crippen molar-refractivity contribution in [2.24, 2.45) is 0 Å². The molecule has 0 aliphatic heterocycles. The Balaban J connectivity index is 1.54. The minimum absolute atomic E-state index is 0.108. The molecule has 0 bridgehead atoms. The number of rotatable bonds is 9. The van der Waals surface area contributed by atoms with Gasteiger partial charge in [0.05, 0.1) is 37.9 Å². The van der Waals surface area contributed by atoms with Crippen LogP contribution >= 0.6 is 11.3 Å². The van der Waals surface area contributed by atoms with Gasteiger partial charge in [0.15, 0.2) is 11.5 Å². The number of benzene rings is 2. The van der Waals surface area contributed by atoms with Gasteiger partial charge in [0.1, 0.15) is 11.2 Å². The number of carbonyl (C=O) groups is 1. The van der Waals surface area contributed by atoms with Crippen molar-refractivity contribution in [3.8, 4) is 17.6 Å². The summed E-state index contributed by atoms with van der Waals surface area (Å²) in [6.45, 7) is 0.0163. The summed E-state index contributed by atoms with van der Waals surface area (Å²) >= 11 is 1.21. The van der Waals surface area contributed by atoms with Crippen LogP contribution in [-0.4, -0.2) is 35.8 Å². The molecule has 0 spiro atoms. The lowest BCUT2D eigenvalue weighted by atomic mass is 10.1. The maximum atomic E-state index is 13.3. The molecule has 2 aromatic heterocycles. The molecule has 0 aliphatic rings. The van der Waals surface area contributed by atoms with Gasteiger partial charge < -0.3 is 14.8 Å². The number of fused-ring (bicyclic) bond motifs is 1. The fraction of sp³-hybridized carbons (Fsp3) is 0.231. The highest BCUT2D eigenvalue weighted by molar-refractivity contribution is 7.17. The Kier molecular flexibility index (Phi) is 7.51. The van der Waals surface area contributed by atoms with Crippen LogP contribution in [0.15, 0.2) is 63.5 Å². The van der Waals surface area contributed by atoms with Gasteiger partial charge in [-0.15, -0.1) is 11.3 Å². The van der Waals surface area contributed by atoms with Gasteiger partial charge in [0.25, 0.3) is 5.56 Å². The molecule has 4 aromatic rings. The summed E-state index contributed by atoms with van der Waals surface area (Å²) in [5.74, 6) is 0.757. The molecule has 0 saturated heterocycles. The fourth-order valence-electron chi connectivity index (χ4n) is 3.95. The molecule has 0 saturated carbocycles. The summed E-state index contributed by atoms with van der Waals surface area (Å²) in [5, 5.41) is 13.9. The van der Waals surface area contributed by atoms with Crippen molar-refractivity contribution in [3.63, 3.8) is 0 Å². The van der Waals surface area contributed by atoms with Crippen LogP contribution in [0.4, 0.5) is 0 Å². The Morgan fingerprint density at radius 3 is 2.58 bits per heavy atom. The lowest BCUT2D eigenvalue weighted by Crippen LogP contribution is -2.44. The number of nitrogens with one attached hydrogen (secondary N) is 1. The Bertz CT molecular complexity index is 1580. The largest absolute Gasteiger partial charge is 0.493 e. The van der Waals surface area contributed by atoms with E-state index in [2.05, 4.69) is 11.4 Å². The van der Waals surface area contributed by atoms with Gasteiger partial charge in [0, 0.05) is 6.54 Å². The molecule has 9 nitrogen and oxygen atoms in total. The number of carbonyl (C=O) groups excluding carboxylic acids is 1. The van der Waals surface area contributed by atoms with E-state index in [1.54, 1.807) is 56.0 Å². The summed E-state index contributed by atoms with van der Waals surface area (Å²) in [7, 11) is 3.11. The molecular formula is C26H24N4O5S. The molecule has 184 valence electrons. The molecule has 0 fully saturated rings. The SMILES string of the molecule is COc1ccc(CCNC(=O)Cn2c(=O)c3sccc3n(Cc3ccccc3C#N)c2=O)cc1OC. The van der Waals surface area contributed by atoms with Gasteiger partial charge >= 0.3 is 5.69 Å². The van der Waals surface area contributed by atoms with Crippen molar-refractivity contribution in [1.82, 2.24) is 14.5 Å². The number of aromatic nitrogens is 2. The van der Waals surface area contributed by atoms with Crippen LogP contribution in [0, 0.1) is 11.3 Å². The van der Waals surface area contributed by atoms with Gasteiger partial charge in [0.2, 0.25) is 5.91 Å². The Labute approximate surface area is 210 Å². The predicted octanol–water partition coefficient (Wildman–Crippen LogP) is 2.52. The number of hydrogen-bond donors (Lipinski definition) is 1. The highest BCUT2D eigenvalue weighted by Crippen LogP contribution is 2.27. The highest BCUT2D eigenvalue weighted by atomic mass is 32.1. The Morgan fingerprint density at radius 2 is 1.83 bits per heavy atom. The smallest absolute Gasteiger partial charge is 0.332 e. The third-order valence-corrected chi connectivity index (χ3v) is 6.68. The standard InChI is InChI=1S/C26H24N4O5S/c1-34-21-8-7-17(13-22(21)35-2)9-11-28-23(31)16-30-25(32)24-20(10-12-36-24)29(26(30)33)15-19-6-4-3-5-18(19)14-27/h3-8,10,12-13H,9,11,15-16H2,1-2H3,(H,28,31). The van der Waals surface area contributed by atoms with E-state index >= 15 is 0 Å². The fourth-order valence-corrected chi connectivity index (χ4v) is 4.79. The van der Waals surface area contributed by atoms with Crippen LogP contribution in [0.1, 0.15) is 16.7 Å². The number of amides is 1. The number of nitrogens with zero attached hydrogens (tertiary/aromatic N) is 3. The molecule has 0 radical (unpaired) electrons. The lowest BCUT2D eigenvalue weighted by molar-refractivity contribution is -0.121. The molecule has 0 unspecified atom stereocenters. The molecular weight excluding hydrogens is 480 g/mol. The van der Waals surface area contributed by atoms with Gasteiger partial charge in [-0.3, -0.25) is 14.2 Å². The quantitative estimate of drug-likeness (QED) is 0.375. The van der Waals surface area contributed by atoms with Crippen LogP contribution in [0.2, 0.25) is 0 Å². The van der Waals surface area contributed by atoms with E-state index in [-0.39, 0.29) is 6.54 Å². The van der Waals surface area contributed by atoms with E-state index in [1.807, 2.05) is 12.1 Å². The average molecular weight is 505 g/mol. The first-order chi connectivity index (χ1) is 17.5. The van der Waals surface area contributed by atoms with E-state index < -0.39 is 23.7 Å². The normalized spacial score (nSPS) is 10.7. The second-order valence-electron chi connectivity index (χ2n) is 7.95. The van der Waals surface area contributed by atoms with Crippen molar-refractivity contribution in [1.29, 1.82) is 5.26 Å². The highest BCUT2D eigenvalue weighted by Gasteiger charge is 2.17. The maximum absolute atomic E-state index is 13.3. The van der Waals surface area contributed by atoms with Crippen molar-refractivity contribution < 1.29 is 14.3 Å². The van der Waals surface area contributed by atoms with Crippen LogP contribution in [0.5, 0.6) is 11.5 Å². The summed E-state index contributed by atoms with van der Waals surface area (Å²) in [5.41, 5.74) is 1.40. The molecule has 1 amide bonds. The second-order valence-corrected chi connectivity index (χ2v) is 8.87. The molecule has 0 aliphatic carbocycles. The number of methoxy groups -OCH3 is 2. The third-order valence-electron chi connectivity index (χ3n) is 5.79. The zero-order chi connectivity index (χ0) is 25.7. The maximum Gasteiger partial charge on any atom is 0.332 e. The van der Waals surface area contributed by atoms with E-state index in [9.17, 15) is 19.6 Å². The summed E-state index contributed by atoms with van der Waals surface area (Å²) in [4.78, 5) is 39.0. The molecule has 0 atom stereocenters. The first kappa shape index (κ1) is 24.8. The number of ether oxygens (including phenoxy) is 2. The first-order valence-corrected chi connectivity index (χ1v) is 12.0. The van der Waals surface area contributed by atoms with Crippen LogP contribution < -0.4 is 26.0 Å². The van der Waals surface area contributed by atoms with Crippen LogP contribution in [0.25, 0.3) is 10.2 Å². The topological polar surface area (TPSA) is 115 Å². The molecule has 2 aromatic carbocycles. The van der Waals surface area contributed by atoms with Crippen molar-refractivity contribution in [3.05, 3.63) is 91.4 Å². The van der Waals surface area contributed by atoms with Crippen LogP contribution in [-0.2, 0) is 24.3 Å². The number of hydrogen-bond acceptors (Lipinski definition) is 7. The third kappa shape index (κ3) is 5.01. The monoisotopic (exact) mass is 504 g/mol. The van der Waals surface area contributed by atoms with E-state index in [0.29, 0.717) is 45.8 Å². The summed E-state index contributed by atoms with van der Waals surface area (Å²) in [6, 6.07) is 16.3. The predicted molar refractivity (Wildman–Crippen MR) is 137 cm³/mol. The summed E-state index contributed by atoms with van der Waals surface area (Å²) < 4.78 is 13.3. The van der Waals surface area contributed by atoms with Gasteiger partial charge in [-0.1, -0.05) is 24.3 Å². The number of nitriles is 1. The van der Waals surface area contributed by atoms with Crippen molar-refractivity contribution in [2.75, 3.05) is 20.8 Å². The van der Waals surface area contributed by atoms with Gasteiger partial charge in [-0.2, -0.15) is 5.26 Å². The molecule has 1 N–H and O–H groups in total. The molecule has 36 heavy (non-hydrogen) atoms. The minimum Gasteiger partial charge on any atom is -0.493 e. The van der Waals surface area contributed by atoms with E-state index in [4.69, 9.17) is 9.47 Å². The first-order valence-electron chi connectivity index (χ1n) is 11.1.